The lowest BCUT2D eigenvalue weighted by molar-refractivity contribution is -0.147. The molecule has 0 fully saturated rings. The molecule has 3 atom stereocenters. The number of benzene rings is 1. The summed E-state index contributed by atoms with van der Waals surface area (Å²) in [5, 5.41) is 3.28. The quantitative estimate of drug-likeness (QED) is 0.743. The van der Waals surface area contributed by atoms with Crippen molar-refractivity contribution in [2.24, 2.45) is 5.92 Å². The lowest BCUT2D eigenvalue weighted by Gasteiger charge is -2.40. The van der Waals surface area contributed by atoms with Gasteiger partial charge in [0.25, 0.3) is 0 Å². The largest absolute Gasteiger partial charge is 0.497 e. The highest BCUT2D eigenvalue weighted by atomic mass is 16.5. The first-order valence-corrected chi connectivity index (χ1v) is 10.5. The van der Waals surface area contributed by atoms with E-state index < -0.39 is 11.8 Å². The van der Waals surface area contributed by atoms with E-state index in [4.69, 9.17) is 9.47 Å². The molecule has 4 rings (SSSR count). The molecule has 1 aromatic heterocycles. The first-order valence-electron chi connectivity index (χ1n) is 10.5. The van der Waals surface area contributed by atoms with Gasteiger partial charge in [-0.3, -0.25) is 14.6 Å². The molecule has 160 valence electrons. The molecule has 0 amide bonds. The average molecular weight is 418 g/mol. The van der Waals surface area contributed by atoms with Gasteiger partial charge in [-0.05, 0) is 54.7 Å². The molecule has 0 bridgehead atoms. The molecular formula is C25H26N2O4. The molecule has 2 aliphatic rings. The highest BCUT2D eigenvalue weighted by molar-refractivity contribution is 6.01. The number of pyridine rings is 1. The number of Topliss-reactive ketones (excluding diaryl/α,β-unsaturated/α-hetero) is 1. The maximum absolute atomic E-state index is 13.4. The summed E-state index contributed by atoms with van der Waals surface area (Å²) in [6.07, 6.45) is 4.41. The summed E-state index contributed by atoms with van der Waals surface area (Å²) in [6.45, 7) is 6.16. The lowest BCUT2D eigenvalue weighted by atomic mass is 9.69. The van der Waals surface area contributed by atoms with E-state index in [1.54, 1.807) is 26.4 Å². The number of hydrogen-bond acceptors (Lipinski definition) is 6. The van der Waals surface area contributed by atoms with E-state index in [0.29, 0.717) is 24.1 Å². The van der Waals surface area contributed by atoms with Gasteiger partial charge in [-0.15, -0.1) is 0 Å². The fourth-order valence-electron chi connectivity index (χ4n) is 4.60. The van der Waals surface area contributed by atoms with Crippen molar-refractivity contribution < 1.29 is 19.1 Å². The maximum atomic E-state index is 13.4. The monoisotopic (exact) mass is 418 g/mol. The first kappa shape index (κ1) is 20.8. The molecular weight excluding hydrogens is 392 g/mol. The second-order valence-electron chi connectivity index (χ2n) is 7.83. The second-order valence-corrected chi connectivity index (χ2v) is 7.83. The van der Waals surface area contributed by atoms with E-state index in [0.717, 1.165) is 22.6 Å². The Morgan fingerprint density at radius 2 is 1.84 bits per heavy atom. The summed E-state index contributed by atoms with van der Waals surface area (Å²) < 4.78 is 10.6. The van der Waals surface area contributed by atoms with Crippen LogP contribution in [0.1, 0.15) is 42.7 Å². The predicted molar refractivity (Wildman–Crippen MR) is 116 cm³/mol. The summed E-state index contributed by atoms with van der Waals surface area (Å²) >= 11 is 0. The third-order valence-electron chi connectivity index (χ3n) is 6.03. The molecule has 6 nitrogen and oxygen atoms in total. The van der Waals surface area contributed by atoms with Crippen LogP contribution in [0.25, 0.3) is 0 Å². The van der Waals surface area contributed by atoms with Gasteiger partial charge in [-0.1, -0.05) is 18.7 Å². The van der Waals surface area contributed by atoms with Crippen LogP contribution >= 0.6 is 0 Å². The van der Waals surface area contributed by atoms with Crippen molar-refractivity contribution in [2.45, 2.75) is 31.6 Å². The Balaban J connectivity index is 1.74. The molecule has 3 unspecified atom stereocenters. The van der Waals surface area contributed by atoms with Gasteiger partial charge in [0, 0.05) is 41.7 Å². The van der Waals surface area contributed by atoms with E-state index >= 15 is 0 Å². The number of ether oxygens (including phenoxy) is 2. The zero-order valence-electron chi connectivity index (χ0n) is 17.8. The molecule has 1 aromatic carbocycles. The Hall–Kier alpha value is -3.41. The van der Waals surface area contributed by atoms with Gasteiger partial charge in [0.1, 0.15) is 11.7 Å². The summed E-state index contributed by atoms with van der Waals surface area (Å²) in [5.41, 5.74) is 3.99. The number of nitrogens with zero attached hydrogens (tertiary/aromatic N) is 1. The topological polar surface area (TPSA) is 77.5 Å². The third kappa shape index (κ3) is 3.98. The number of esters is 1. The molecule has 2 heterocycles. The SMILES string of the molecule is C=C1NC2=C(C(=O)CC(c3ccc(OC)cc3)C2)C(c2ccncc2)C1C(=O)OCC. The minimum Gasteiger partial charge on any atom is -0.497 e. The highest BCUT2D eigenvalue weighted by Gasteiger charge is 2.45. The summed E-state index contributed by atoms with van der Waals surface area (Å²) in [5.74, 6) is -0.603. The average Bonchev–Trinajstić information content (AvgIpc) is 2.78. The van der Waals surface area contributed by atoms with Crippen molar-refractivity contribution in [2.75, 3.05) is 13.7 Å². The molecule has 0 radical (unpaired) electrons. The van der Waals surface area contributed by atoms with Gasteiger partial charge in [0.05, 0.1) is 13.7 Å². The number of rotatable bonds is 5. The van der Waals surface area contributed by atoms with Crippen molar-refractivity contribution >= 4 is 11.8 Å². The molecule has 31 heavy (non-hydrogen) atoms. The van der Waals surface area contributed by atoms with Gasteiger partial charge in [0.15, 0.2) is 5.78 Å². The molecule has 0 saturated heterocycles. The van der Waals surface area contributed by atoms with Crippen LogP contribution in [0.2, 0.25) is 0 Å². The molecule has 0 saturated carbocycles. The molecule has 0 spiro atoms. The zero-order chi connectivity index (χ0) is 22.0. The van der Waals surface area contributed by atoms with Crippen LogP contribution in [-0.4, -0.2) is 30.5 Å². The zero-order valence-corrected chi connectivity index (χ0v) is 17.8. The second kappa shape index (κ2) is 8.76. The number of carbonyl (C=O) groups excluding carboxylic acids is 2. The van der Waals surface area contributed by atoms with Gasteiger partial charge in [0.2, 0.25) is 0 Å². The van der Waals surface area contributed by atoms with Crippen LogP contribution in [0.4, 0.5) is 0 Å². The molecule has 1 N–H and O–H groups in total. The molecule has 6 heteroatoms. The Morgan fingerprint density at radius 1 is 1.13 bits per heavy atom. The number of methoxy groups -OCH3 is 1. The standard InChI is InChI=1S/C25H26N2O4/c1-4-31-25(29)22-15(2)27-20-13-18(16-5-7-19(30-3)8-6-16)14-21(28)24(20)23(22)17-9-11-26-12-10-17/h5-12,18,22-23,27H,2,4,13-14H2,1,3H3. The summed E-state index contributed by atoms with van der Waals surface area (Å²) in [4.78, 5) is 30.4. The van der Waals surface area contributed by atoms with Crippen molar-refractivity contribution in [1.29, 1.82) is 0 Å². The van der Waals surface area contributed by atoms with E-state index in [1.807, 2.05) is 36.4 Å². The Labute approximate surface area is 182 Å². The summed E-state index contributed by atoms with van der Waals surface area (Å²) in [6, 6.07) is 11.5. The van der Waals surface area contributed by atoms with Crippen LogP contribution in [-0.2, 0) is 14.3 Å². The molecule has 1 aliphatic heterocycles. The van der Waals surface area contributed by atoms with Crippen molar-refractivity contribution in [3.05, 3.63) is 83.5 Å². The number of carbonyl (C=O) groups is 2. The predicted octanol–water partition coefficient (Wildman–Crippen LogP) is 3.87. The Bertz CT molecular complexity index is 1030. The van der Waals surface area contributed by atoms with Crippen LogP contribution in [0.3, 0.4) is 0 Å². The lowest BCUT2D eigenvalue weighted by Crippen LogP contribution is -2.42. The van der Waals surface area contributed by atoms with Gasteiger partial charge < -0.3 is 14.8 Å². The Kier molecular flexibility index (Phi) is 5.89. The minimum absolute atomic E-state index is 0.0400. The normalized spacial score (nSPS) is 23.1. The fourth-order valence-corrected chi connectivity index (χ4v) is 4.60. The van der Waals surface area contributed by atoms with Gasteiger partial charge in [-0.2, -0.15) is 0 Å². The van der Waals surface area contributed by atoms with E-state index in [9.17, 15) is 9.59 Å². The first-order chi connectivity index (χ1) is 15.0. The van der Waals surface area contributed by atoms with Gasteiger partial charge in [-0.25, -0.2) is 0 Å². The Morgan fingerprint density at radius 3 is 2.48 bits per heavy atom. The van der Waals surface area contributed by atoms with Crippen molar-refractivity contribution in [3.63, 3.8) is 0 Å². The van der Waals surface area contributed by atoms with E-state index in [2.05, 4.69) is 16.9 Å². The molecule has 1 aliphatic carbocycles. The van der Waals surface area contributed by atoms with Crippen LogP contribution in [0.15, 0.2) is 72.3 Å². The van der Waals surface area contributed by atoms with Crippen LogP contribution in [0.5, 0.6) is 5.75 Å². The van der Waals surface area contributed by atoms with Crippen molar-refractivity contribution in [3.8, 4) is 5.75 Å². The van der Waals surface area contributed by atoms with Gasteiger partial charge >= 0.3 is 5.97 Å². The number of ketones is 1. The maximum Gasteiger partial charge on any atom is 0.315 e. The smallest absolute Gasteiger partial charge is 0.315 e. The highest BCUT2D eigenvalue weighted by Crippen LogP contribution is 2.47. The number of nitrogens with one attached hydrogen (secondary N) is 1. The fraction of sp³-hybridized carbons (Fsp3) is 0.320. The van der Waals surface area contributed by atoms with E-state index in [-0.39, 0.29) is 24.3 Å². The number of allylic oxidation sites excluding steroid dienone is 2. The van der Waals surface area contributed by atoms with Crippen LogP contribution < -0.4 is 10.1 Å². The van der Waals surface area contributed by atoms with E-state index in [1.165, 1.54) is 0 Å². The third-order valence-corrected chi connectivity index (χ3v) is 6.03. The molecule has 2 aromatic rings. The number of aromatic nitrogens is 1. The van der Waals surface area contributed by atoms with Crippen molar-refractivity contribution in [1.82, 2.24) is 10.3 Å². The summed E-state index contributed by atoms with van der Waals surface area (Å²) in [7, 11) is 1.63. The van der Waals surface area contributed by atoms with Crippen LogP contribution in [0, 0.1) is 5.92 Å². The minimum atomic E-state index is -0.664. The number of hydrogen-bond donors (Lipinski definition) is 1.